The zero-order valence-electron chi connectivity index (χ0n) is 10.1. The molecule has 0 bridgehead atoms. The highest BCUT2D eigenvalue weighted by Crippen LogP contribution is 2.31. The zero-order chi connectivity index (χ0) is 14.5. The van der Waals surface area contributed by atoms with Crippen LogP contribution >= 0.6 is 0 Å². The molecule has 0 saturated carbocycles. The van der Waals surface area contributed by atoms with Gasteiger partial charge in [-0.05, 0) is 17.3 Å². The predicted molar refractivity (Wildman–Crippen MR) is 61.8 cm³/mol. The molecule has 1 heterocycles. The average Bonchev–Trinajstić information content (AvgIpc) is 2.92. The van der Waals surface area contributed by atoms with Gasteiger partial charge < -0.3 is 14.8 Å². The summed E-state index contributed by atoms with van der Waals surface area (Å²) >= 11 is 0. The summed E-state index contributed by atoms with van der Waals surface area (Å²) < 4.78 is 33.7. The van der Waals surface area contributed by atoms with Gasteiger partial charge in [-0.15, -0.1) is 10.2 Å². The van der Waals surface area contributed by atoms with Gasteiger partial charge in [0.1, 0.15) is 0 Å². The molecule has 0 spiro atoms. The van der Waals surface area contributed by atoms with E-state index in [1.165, 1.54) is 25.3 Å². The van der Waals surface area contributed by atoms with E-state index in [2.05, 4.69) is 30.7 Å². The van der Waals surface area contributed by atoms with E-state index in [1.54, 1.807) is 0 Å². The summed E-state index contributed by atoms with van der Waals surface area (Å²) in [5.74, 6) is -0.916. The number of tetrazole rings is 1. The van der Waals surface area contributed by atoms with E-state index in [0.29, 0.717) is 0 Å². The van der Waals surface area contributed by atoms with Crippen molar-refractivity contribution in [1.82, 2.24) is 20.6 Å². The number of benzene rings is 1. The largest absolute Gasteiger partial charge is 0.493 e. The van der Waals surface area contributed by atoms with Gasteiger partial charge in [0, 0.05) is 11.8 Å². The lowest BCUT2D eigenvalue weighted by Gasteiger charge is -2.11. The Morgan fingerprint density at radius 1 is 1.40 bits per heavy atom. The molecule has 8 nitrogen and oxygen atoms in total. The number of aromatic nitrogens is 4. The molecule has 10 heteroatoms. The fraction of sp³-hybridized carbons (Fsp3) is 0.200. The van der Waals surface area contributed by atoms with Gasteiger partial charge in [-0.3, -0.25) is 4.79 Å². The lowest BCUT2D eigenvalue weighted by molar-refractivity contribution is -0.0511. The topological polar surface area (TPSA) is 102 Å². The van der Waals surface area contributed by atoms with Gasteiger partial charge in [-0.25, -0.2) is 0 Å². The van der Waals surface area contributed by atoms with Gasteiger partial charge in [0.25, 0.3) is 11.7 Å². The number of methoxy groups -OCH3 is 1. The molecule has 0 radical (unpaired) electrons. The van der Waals surface area contributed by atoms with Gasteiger partial charge >= 0.3 is 6.61 Å². The number of carbonyl (C=O) groups is 1. The lowest BCUT2D eigenvalue weighted by Crippen LogP contribution is -2.14. The number of alkyl halides is 2. The number of anilines is 1. The molecule has 0 saturated heterocycles. The first-order valence-corrected chi connectivity index (χ1v) is 5.28. The third kappa shape index (κ3) is 3.16. The van der Waals surface area contributed by atoms with Crippen molar-refractivity contribution in [2.24, 2.45) is 0 Å². The molecule has 0 fully saturated rings. The number of amides is 1. The Kier molecular flexibility index (Phi) is 4.03. The number of hydrogen-bond donors (Lipinski definition) is 2. The Morgan fingerprint density at radius 2 is 2.20 bits per heavy atom. The van der Waals surface area contributed by atoms with Crippen molar-refractivity contribution in [3.8, 4) is 11.5 Å². The Morgan fingerprint density at radius 3 is 2.80 bits per heavy atom. The third-order valence-corrected chi connectivity index (χ3v) is 2.19. The molecular formula is C10H9F2N5O3. The van der Waals surface area contributed by atoms with Crippen molar-refractivity contribution in [2.45, 2.75) is 6.61 Å². The molecule has 20 heavy (non-hydrogen) atoms. The summed E-state index contributed by atoms with van der Waals surface area (Å²) in [5, 5.41) is 14.7. The molecule has 106 valence electrons. The number of rotatable bonds is 5. The van der Waals surface area contributed by atoms with Crippen molar-refractivity contribution in [2.75, 3.05) is 12.4 Å². The van der Waals surface area contributed by atoms with Crippen molar-refractivity contribution >= 4 is 11.6 Å². The second kappa shape index (κ2) is 5.91. The normalized spacial score (nSPS) is 10.4. The fourth-order valence-electron chi connectivity index (χ4n) is 1.39. The first kappa shape index (κ1) is 13.6. The maximum absolute atomic E-state index is 12.3. The van der Waals surface area contributed by atoms with Crippen LogP contribution in [-0.2, 0) is 0 Å². The first-order chi connectivity index (χ1) is 9.60. The second-order valence-corrected chi connectivity index (χ2v) is 3.43. The Bertz CT molecular complexity index is 591. The maximum Gasteiger partial charge on any atom is 0.387 e. The molecule has 2 N–H and O–H groups in total. The third-order valence-electron chi connectivity index (χ3n) is 2.19. The van der Waals surface area contributed by atoms with E-state index in [4.69, 9.17) is 4.74 Å². The van der Waals surface area contributed by atoms with E-state index in [9.17, 15) is 13.6 Å². The Hall–Kier alpha value is -2.78. The molecule has 0 unspecified atom stereocenters. The quantitative estimate of drug-likeness (QED) is 0.851. The highest BCUT2D eigenvalue weighted by molar-refractivity contribution is 6.01. The minimum atomic E-state index is -3.01. The van der Waals surface area contributed by atoms with Crippen LogP contribution in [0.5, 0.6) is 11.5 Å². The molecular weight excluding hydrogens is 276 g/mol. The summed E-state index contributed by atoms with van der Waals surface area (Å²) in [5.41, 5.74) is 0.219. The van der Waals surface area contributed by atoms with Crippen molar-refractivity contribution in [1.29, 1.82) is 0 Å². The summed E-state index contributed by atoms with van der Waals surface area (Å²) in [6.45, 7) is -3.01. The SMILES string of the molecule is COc1ccc(NC(=O)c2nn[nH]n2)cc1OC(F)F. The summed E-state index contributed by atoms with van der Waals surface area (Å²) in [4.78, 5) is 11.6. The molecule has 0 aliphatic rings. The Balaban J connectivity index is 2.18. The van der Waals surface area contributed by atoms with E-state index in [0.717, 1.165) is 0 Å². The summed E-state index contributed by atoms with van der Waals surface area (Å²) in [7, 11) is 1.31. The monoisotopic (exact) mass is 285 g/mol. The van der Waals surface area contributed by atoms with Crippen LogP contribution in [0, 0.1) is 0 Å². The van der Waals surface area contributed by atoms with Gasteiger partial charge in [0.05, 0.1) is 7.11 Å². The molecule has 0 atom stereocenters. The fourth-order valence-corrected chi connectivity index (χ4v) is 1.39. The number of aromatic amines is 1. The predicted octanol–water partition coefficient (Wildman–Crippen LogP) is 1.06. The van der Waals surface area contributed by atoms with Gasteiger partial charge in [0.2, 0.25) is 0 Å². The van der Waals surface area contributed by atoms with Crippen LogP contribution in [0.2, 0.25) is 0 Å². The minimum absolute atomic E-state index is 0.114. The standard InChI is InChI=1S/C10H9F2N5O3/c1-19-6-3-2-5(4-7(6)20-10(11)12)13-9(18)8-14-16-17-15-8/h2-4,10H,1H3,(H,13,18)(H,14,15,16,17). The summed E-state index contributed by atoms with van der Waals surface area (Å²) in [6.07, 6.45) is 0. The molecule has 0 aliphatic heterocycles. The number of hydrogen-bond acceptors (Lipinski definition) is 6. The highest BCUT2D eigenvalue weighted by atomic mass is 19.3. The van der Waals surface area contributed by atoms with E-state index >= 15 is 0 Å². The molecule has 2 aromatic rings. The molecule has 0 aliphatic carbocycles. The molecule has 1 aromatic heterocycles. The molecule has 2 rings (SSSR count). The van der Waals surface area contributed by atoms with Crippen molar-refractivity contribution < 1.29 is 23.0 Å². The number of H-pyrrole nitrogens is 1. The minimum Gasteiger partial charge on any atom is -0.493 e. The lowest BCUT2D eigenvalue weighted by atomic mass is 10.2. The van der Waals surface area contributed by atoms with Gasteiger partial charge in [-0.2, -0.15) is 14.0 Å². The van der Waals surface area contributed by atoms with Crippen LogP contribution in [-0.4, -0.2) is 40.3 Å². The number of halogens is 2. The van der Waals surface area contributed by atoms with Gasteiger partial charge in [0.15, 0.2) is 11.5 Å². The first-order valence-electron chi connectivity index (χ1n) is 5.28. The van der Waals surface area contributed by atoms with E-state index < -0.39 is 12.5 Å². The number of carbonyl (C=O) groups excluding carboxylic acids is 1. The van der Waals surface area contributed by atoms with Crippen LogP contribution in [0.25, 0.3) is 0 Å². The number of nitrogens with one attached hydrogen (secondary N) is 2. The maximum atomic E-state index is 12.3. The van der Waals surface area contributed by atoms with E-state index in [1.807, 2.05) is 0 Å². The van der Waals surface area contributed by atoms with Crippen LogP contribution in [0.1, 0.15) is 10.6 Å². The molecule has 1 amide bonds. The van der Waals surface area contributed by atoms with Crippen molar-refractivity contribution in [3.05, 3.63) is 24.0 Å². The van der Waals surface area contributed by atoms with Crippen LogP contribution < -0.4 is 14.8 Å². The highest BCUT2D eigenvalue weighted by Gasteiger charge is 2.14. The smallest absolute Gasteiger partial charge is 0.387 e. The number of nitrogens with zero attached hydrogens (tertiary/aromatic N) is 3. The zero-order valence-corrected chi connectivity index (χ0v) is 10.1. The van der Waals surface area contributed by atoms with Crippen molar-refractivity contribution in [3.63, 3.8) is 0 Å². The van der Waals surface area contributed by atoms with E-state index in [-0.39, 0.29) is 23.0 Å². The van der Waals surface area contributed by atoms with Crippen LogP contribution in [0.3, 0.4) is 0 Å². The van der Waals surface area contributed by atoms with Gasteiger partial charge in [-0.1, -0.05) is 0 Å². The van der Waals surface area contributed by atoms with Crippen LogP contribution in [0.4, 0.5) is 14.5 Å². The Labute approximate surface area is 111 Å². The number of ether oxygens (including phenoxy) is 2. The molecule has 1 aromatic carbocycles. The second-order valence-electron chi connectivity index (χ2n) is 3.43. The summed E-state index contributed by atoms with van der Waals surface area (Å²) in [6, 6.07) is 4.03. The average molecular weight is 285 g/mol. The van der Waals surface area contributed by atoms with Crippen LogP contribution in [0.15, 0.2) is 18.2 Å².